The Morgan fingerprint density at radius 2 is 1.64 bits per heavy atom. The zero-order valence-corrected chi connectivity index (χ0v) is 14.5. The zero-order valence-electron chi connectivity index (χ0n) is 14.5. The molecule has 8 heteroatoms. The van der Waals surface area contributed by atoms with Crippen molar-refractivity contribution in [2.45, 2.75) is 0 Å². The number of carbonyl (C=O) groups excluding carboxylic acids is 1. The highest BCUT2D eigenvalue weighted by Crippen LogP contribution is 2.28. The smallest absolute Gasteiger partial charge is 0.409 e. The minimum Gasteiger partial charge on any atom is -0.465 e. The van der Waals surface area contributed by atoms with Crippen LogP contribution in [-0.4, -0.2) is 31.9 Å². The van der Waals surface area contributed by atoms with Crippen molar-refractivity contribution in [1.29, 1.82) is 0 Å². The first-order valence-electron chi connectivity index (χ1n) is 8.40. The van der Waals surface area contributed by atoms with E-state index in [4.69, 9.17) is 5.11 Å². The number of H-pyrrole nitrogens is 1. The molecule has 0 spiro atoms. The molecule has 0 saturated carbocycles. The number of hydrogen-bond donors (Lipinski definition) is 4. The predicted octanol–water partition coefficient (Wildman–Crippen LogP) is 4.02. The van der Waals surface area contributed by atoms with Crippen molar-refractivity contribution < 1.29 is 14.7 Å². The average molecular weight is 373 g/mol. The molecule has 2 heterocycles. The Morgan fingerprint density at radius 3 is 2.36 bits per heavy atom. The molecule has 0 fully saturated rings. The van der Waals surface area contributed by atoms with Gasteiger partial charge in [0.2, 0.25) is 0 Å². The summed E-state index contributed by atoms with van der Waals surface area (Å²) in [6, 6.07) is 15.7. The molecule has 8 nitrogen and oxygen atoms in total. The summed E-state index contributed by atoms with van der Waals surface area (Å²) in [7, 11) is 0. The lowest BCUT2D eigenvalue weighted by molar-refractivity contribution is 0.104. The molecule has 1 amide bonds. The van der Waals surface area contributed by atoms with Crippen molar-refractivity contribution >= 4 is 40.1 Å². The quantitative estimate of drug-likeness (QED) is 0.392. The molecule has 4 aromatic rings. The Bertz CT molecular complexity index is 1150. The first kappa shape index (κ1) is 17.2. The molecule has 0 saturated heterocycles. The van der Waals surface area contributed by atoms with Gasteiger partial charge in [-0.05, 0) is 24.3 Å². The molecule has 138 valence electrons. The highest BCUT2D eigenvalue weighted by molar-refractivity contribution is 6.18. The summed E-state index contributed by atoms with van der Waals surface area (Å²) in [6.07, 6.45) is 1.90. The predicted molar refractivity (Wildman–Crippen MR) is 105 cm³/mol. The number of aromatic nitrogens is 3. The SMILES string of the molecule is O=C(O)Nc1ccc(Nc2ncnc3[nH]cc(C(=O)c4ccccc4)c23)cc1. The normalized spacial score (nSPS) is 10.6. The molecule has 28 heavy (non-hydrogen) atoms. The first-order valence-corrected chi connectivity index (χ1v) is 8.40. The summed E-state index contributed by atoms with van der Waals surface area (Å²) >= 11 is 0. The van der Waals surface area contributed by atoms with Crippen LogP contribution in [0.3, 0.4) is 0 Å². The van der Waals surface area contributed by atoms with Crippen LogP contribution in [0.5, 0.6) is 0 Å². The van der Waals surface area contributed by atoms with Crippen LogP contribution in [0.2, 0.25) is 0 Å². The van der Waals surface area contributed by atoms with Gasteiger partial charge in [0, 0.05) is 23.1 Å². The fourth-order valence-electron chi connectivity index (χ4n) is 2.88. The van der Waals surface area contributed by atoms with Crippen LogP contribution in [0, 0.1) is 0 Å². The second-order valence-electron chi connectivity index (χ2n) is 5.98. The number of carboxylic acid groups (broad SMARTS) is 1. The number of aromatic amines is 1. The van der Waals surface area contributed by atoms with E-state index < -0.39 is 6.09 Å². The molecular weight excluding hydrogens is 358 g/mol. The molecule has 0 aliphatic heterocycles. The lowest BCUT2D eigenvalue weighted by Crippen LogP contribution is -2.07. The molecule has 2 aromatic carbocycles. The van der Waals surface area contributed by atoms with Gasteiger partial charge in [0.25, 0.3) is 0 Å². The van der Waals surface area contributed by atoms with Gasteiger partial charge in [0.1, 0.15) is 17.8 Å². The minimum atomic E-state index is -1.13. The minimum absolute atomic E-state index is 0.134. The van der Waals surface area contributed by atoms with Gasteiger partial charge in [0.05, 0.1) is 10.9 Å². The van der Waals surface area contributed by atoms with Crippen LogP contribution in [0.4, 0.5) is 22.0 Å². The van der Waals surface area contributed by atoms with Gasteiger partial charge in [-0.1, -0.05) is 30.3 Å². The fourth-order valence-corrected chi connectivity index (χ4v) is 2.88. The maximum absolute atomic E-state index is 12.9. The van der Waals surface area contributed by atoms with Crippen molar-refractivity contribution in [3.63, 3.8) is 0 Å². The number of ketones is 1. The van der Waals surface area contributed by atoms with Gasteiger partial charge in [-0.15, -0.1) is 0 Å². The van der Waals surface area contributed by atoms with E-state index >= 15 is 0 Å². The first-order chi connectivity index (χ1) is 13.6. The number of nitrogens with one attached hydrogen (secondary N) is 3. The standard InChI is InChI=1S/C20H15N5O3/c26-17(12-4-2-1-3-5-12)15-10-21-18-16(15)19(23-11-22-18)24-13-6-8-14(9-7-13)25-20(27)28/h1-11,25H,(H,27,28)(H2,21,22,23,24). The van der Waals surface area contributed by atoms with Crippen molar-refractivity contribution in [1.82, 2.24) is 15.0 Å². The molecule has 0 aliphatic rings. The van der Waals surface area contributed by atoms with Gasteiger partial charge in [0.15, 0.2) is 5.78 Å². The maximum Gasteiger partial charge on any atom is 0.409 e. The third kappa shape index (κ3) is 3.38. The number of amides is 1. The van der Waals surface area contributed by atoms with Gasteiger partial charge < -0.3 is 15.4 Å². The molecule has 0 unspecified atom stereocenters. The number of carbonyl (C=O) groups is 2. The third-order valence-electron chi connectivity index (χ3n) is 4.15. The van der Waals surface area contributed by atoms with E-state index in [1.807, 2.05) is 18.2 Å². The Kier molecular flexibility index (Phi) is 4.43. The molecule has 0 aliphatic carbocycles. The molecule has 2 aromatic heterocycles. The summed E-state index contributed by atoms with van der Waals surface area (Å²) in [6.45, 7) is 0. The van der Waals surface area contributed by atoms with Gasteiger partial charge in [-0.2, -0.15) is 0 Å². The Hall–Kier alpha value is -4.20. The Balaban J connectivity index is 1.69. The van der Waals surface area contributed by atoms with E-state index in [0.29, 0.717) is 39.4 Å². The maximum atomic E-state index is 12.9. The molecule has 0 atom stereocenters. The summed E-state index contributed by atoms with van der Waals surface area (Å²) in [5, 5.41) is 14.8. The summed E-state index contributed by atoms with van der Waals surface area (Å²) in [5.74, 6) is 0.343. The van der Waals surface area contributed by atoms with E-state index in [9.17, 15) is 9.59 Å². The van der Waals surface area contributed by atoms with Crippen LogP contribution in [0.25, 0.3) is 11.0 Å². The number of hydrogen-bond acceptors (Lipinski definition) is 5. The summed E-state index contributed by atoms with van der Waals surface area (Å²) in [4.78, 5) is 35.1. The Labute approximate surface area is 159 Å². The van der Waals surface area contributed by atoms with E-state index in [2.05, 4.69) is 25.6 Å². The topological polar surface area (TPSA) is 120 Å². The van der Waals surface area contributed by atoms with Crippen LogP contribution >= 0.6 is 0 Å². The van der Waals surface area contributed by atoms with E-state index in [0.717, 1.165) is 0 Å². The van der Waals surface area contributed by atoms with E-state index in [1.54, 1.807) is 42.6 Å². The fraction of sp³-hybridized carbons (Fsp3) is 0. The van der Waals surface area contributed by atoms with Crippen molar-refractivity contribution in [3.05, 3.63) is 78.2 Å². The van der Waals surface area contributed by atoms with Crippen molar-refractivity contribution in [2.24, 2.45) is 0 Å². The van der Waals surface area contributed by atoms with Gasteiger partial charge in [-0.25, -0.2) is 14.8 Å². The van der Waals surface area contributed by atoms with Gasteiger partial charge in [-0.3, -0.25) is 10.1 Å². The van der Waals surface area contributed by atoms with Crippen molar-refractivity contribution in [2.75, 3.05) is 10.6 Å². The Morgan fingerprint density at radius 1 is 0.929 bits per heavy atom. The number of anilines is 3. The highest BCUT2D eigenvalue weighted by Gasteiger charge is 2.18. The van der Waals surface area contributed by atoms with Crippen LogP contribution < -0.4 is 10.6 Å². The lowest BCUT2D eigenvalue weighted by Gasteiger charge is -2.09. The molecule has 4 rings (SSSR count). The zero-order chi connectivity index (χ0) is 19.5. The second-order valence-corrected chi connectivity index (χ2v) is 5.98. The molecular formula is C20H15N5O3. The number of nitrogens with zero attached hydrogens (tertiary/aromatic N) is 2. The molecule has 4 N–H and O–H groups in total. The van der Waals surface area contributed by atoms with Crippen LogP contribution in [0.1, 0.15) is 15.9 Å². The van der Waals surface area contributed by atoms with E-state index in [1.165, 1.54) is 6.33 Å². The number of fused-ring (bicyclic) bond motifs is 1. The molecule has 0 radical (unpaired) electrons. The highest BCUT2D eigenvalue weighted by atomic mass is 16.4. The average Bonchev–Trinajstić information content (AvgIpc) is 3.14. The monoisotopic (exact) mass is 373 g/mol. The van der Waals surface area contributed by atoms with Crippen LogP contribution in [0.15, 0.2) is 67.1 Å². The largest absolute Gasteiger partial charge is 0.465 e. The molecule has 0 bridgehead atoms. The second kappa shape index (κ2) is 7.20. The van der Waals surface area contributed by atoms with Crippen molar-refractivity contribution in [3.8, 4) is 0 Å². The summed E-state index contributed by atoms with van der Waals surface area (Å²) in [5.41, 5.74) is 2.72. The lowest BCUT2D eigenvalue weighted by atomic mass is 10.0. The number of rotatable bonds is 5. The van der Waals surface area contributed by atoms with Gasteiger partial charge >= 0.3 is 6.09 Å². The van der Waals surface area contributed by atoms with Crippen LogP contribution in [-0.2, 0) is 0 Å². The summed E-state index contributed by atoms with van der Waals surface area (Å²) < 4.78 is 0. The van der Waals surface area contributed by atoms with E-state index in [-0.39, 0.29) is 5.78 Å². The third-order valence-corrected chi connectivity index (χ3v) is 4.15. The number of benzene rings is 2.